The highest BCUT2D eigenvalue weighted by atomic mass is 32.3. The van der Waals surface area contributed by atoms with Gasteiger partial charge in [-0.25, -0.2) is 4.18 Å². The second-order valence-electron chi connectivity index (χ2n) is 1.68. The number of aliphatic hydroxyl groups excluding tert-OH is 1. The van der Waals surface area contributed by atoms with E-state index < -0.39 is 23.6 Å². The smallest absolute Gasteiger partial charge is 0.394 e. The summed E-state index contributed by atoms with van der Waals surface area (Å²) in [6, 6.07) is 0. The number of hydrogen-bond acceptors (Lipinski definition) is 5. The molecule has 0 radical (unpaired) electrons. The van der Waals surface area contributed by atoms with Crippen molar-refractivity contribution in [1.82, 2.24) is 5.32 Å². The van der Waals surface area contributed by atoms with Crippen LogP contribution in [0.15, 0.2) is 0 Å². The molecular weight excluding hydrogens is 186 g/mol. The van der Waals surface area contributed by atoms with Crippen molar-refractivity contribution < 1.29 is 22.3 Å². The third kappa shape index (κ3) is 22.6. The Morgan fingerprint density at radius 2 is 1.92 bits per heavy atom. The van der Waals surface area contributed by atoms with Gasteiger partial charge >= 0.3 is 10.4 Å². The summed E-state index contributed by atoms with van der Waals surface area (Å²) < 4.78 is 30.7. The zero-order chi connectivity index (χ0) is 10.0. The van der Waals surface area contributed by atoms with Gasteiger partial charge in [-0.05, 0) is 13.6 Å². The second-order valence-corrected chi connectivity index (χ2v) is 2.77. The first-order valence-corrected chi connectivity index (χ1v) is 4.71. The minimum atomic E-state index is -4.35. The number of nitrogens with one attached hydrogen (secondary N) is 1. The van der Waals surface area contributed by atoms with Crippen LogP contribution in [0.5, 0.6) is 0 Å². The molecule has 0 heterocycles. The molecular formula is C5H15NO5S. The highest BCUT2D eigenvalue weighted by molar-refractivity contribution is 7.80. The fraction of sp³-hybridized carbons (Fsp3) is 1.00. The molecule has 0 aromatic rings. The van der Waals surface area contributed by atoms with E-state index in [1.165, 1.54) is 0 Å². The summed E-state index contributed by atoms with van der Waals surface area (Å²) in [6.45, 7) is 2.30. The topological polar surface area (TPSA) is 95.9 Å². The maximum absolute atomic E-state index is 9.61. The predicted molar refractivity (Wildman–Crippen MR) is 44.2 cm³/mol. The first-order valence-electron chi connectivity index (χ1n) is 3.35. The average molecular weight is 201 g/mol. The average Bonchev–Trinajstić information content (AvgIpc) is 2.00. The molecule has 0 unspecified atom stereocenters. The largest absolute Gasteiger partial charge is 0.397 e. The third-order valence-corrected chi connectivity index (χ3v) is 1.14. The fourth-order valence-corrected chi connectivity index (χ4v) is 0.428. The van der Waals surface area contributed by atoms with Crippen LogP contribution in [0.25, 0.3) is 0 Å². The number of rotatable bonds is 4. The molecule has 0 amide bonds. The van der Waals surface area contributed by atoms with Crippen molar-refractivity contribution in [3.63, 3.8) is 0 Å². The van der Waals surface area contributed by atoms with Gasteiger partial charge in [-0.2, -0.15) is 8.42 Å². The summed E-state index contributed by atoms with van der Waals surface area (Å²) in [5, 5.41) is 10.9. The Morgan fingerprint density at radius 3 is 2.00 bits per heavy atom. The van der Waals surface area contributed by atoms with Gasteiger partial charge in [0.05, 0.1) is 13.2 Å². The highest BCUT2D eigenvalue weighted by Gasteiger charge is 2.00. The Labute approximate surface area is 72.5 Å². The van der Waals surface area contributed by atoms with Crippen LogP contribution < -0.4 is 5.32 Å². The zero-order valence-corrected chi connectivity index (χ0v) is 7.97. The summed E-state index contributed by atoms with van der Waals surface area (Å²) in [6.07, 6.45) is 0. The standard InChI is InChI=1S/C3H9N.C2H6O5S/c1-3-4-2;3-1-2-7-8(4,5)6/h4H,3H2,1-2H3;3H,1-2H2,(H,4,5,6). The van der Waals surface area contributed by atoms with Crippen LogP contribution in [0, 0.1) is 0 Å². The minimum Gasteiger partial charge on any atom is -0.394 e. The lowest BCUT2D eigenvalue weighted by Gasteiger charge is -1.92. The van der Waals surface area contributed by atoms with E-state index in [0.717, 1.165) is 6.54 Å². The van der Waals surface area contributed by atoms with E-state index in [4.69, 9.17) is 9.66 Å². The van der Waals surface area contributed by atoms with Crippen LogP contribution in [-0.2, 0) is 14.6 Å². The second kappa shape index (κ2) is 8.88. The Bertz CT molecular complexity index is 165. The van der Waals surface area contributed by atoms with Crippen molar-refractivity contribution in [3.05, 3.63) is 0 Å². The lowest BCUT2D eigenvalue weighted by Crippen LogP contribution is -2.06. The van der Waals surface area contributed by atoms with Crippen molar-refractivity contribution in [2.24, 2.45) is 0 Å². The monoisotopic (exact) mass is 201 g/mol. The van der Waals surface area contributed by atoms with E-state index in [0.29, 0.717) is 0 Å². The molecule has 0 bridgehead atoms. The number of hydrogen-bond donors (Lipinski definition) is 3. The van der Waals surface area contributed by atoms with Gasteiger partial charge in [-0.15, -0.1) is 0 Å². The molecule has 0 saturated heterocycles. The quantitative estimate of drug-likeness (QED) is 0.506. The van der Waals surface area contributed by atoms with E-state index >= 15 is 0 Å². The molecule has 3 N–H and O–H groups in total. The van der Waals surface area contributed by atoms with Gasteiger partial charge in [0.25, 0.3) is 0 Å². The summed E-state index contributed by atoms with van der Waals surface area (Å²) in [4.78, 5) is 0. The SMILES string of the molecule is CCNC.O=S(=O)(O)OCCO. The Morgan fingerprint density at radius 1 is 1.50 bits per heavy atom. The maximum Gasteiger partial charge on any atom is 0.397 e. The molecule has 6 nitrogen and oxygen atoms in total. The Hall–Kier alpha value is -0.210. The van der Waals surface area contributed by atoms with Gasteiger partial charge in [0, 0.05) is 0 Å². The Kier molecular flexibility index (Phi) is 10.6. The summed E-state index contributed by atoms with van der Waals surface area (Å²) >= 11 is 0. The van der Waals surface area contributed by atoms with Crippen LogP contribution in [0.2, 0.25) is 0 Å². The van der Waals surface area contributed by atoms with Gasteiger partial charge < -0.3 is 10.4 Å². The third-order valence-electron chi connectivity index (χ3n) is 0.677. The van der Waals surface area contributed by atoms with E-state index in [1.54, 1.807) is 0 Å². The molecule has 0 aromatic heterocycles. The van der Waals surface area contributed by atoms with Crippen LogP contribution in [0.1, 0.15) is 6.92 Å². The van der Waals surface area contributed by atoms with E-state index in [2.05, 4.69) is 16.4 Å². The molecule has 12 heavy (non-hydrogen) atoms. The normalized spacial score (nSPS) is 10.3. The van der Waals surface area contributed by atoms with E-state index in [9.17, 15) is 8.42 Å². The molecule has 0 fully saturated rings. The van der Waals surface area contributed by atoms with Crippen molar-refractivity contribution in [2.45, 2.75) is 6.92 Å². The van der Waals surface area contributed by atoms with Crippen molar-refractivity contribution >= 4 is 10.4 Å². The van der Waals surface area contributed by atoms with Gasteiger partial charge in [0.2, 0.25) is 0 Å². The van der Waals surface area contributed by atoms with Crippen LogP contribution in [0.4, 0.5) is 0 Å². The molecule has 0 atom stereocenters. The summed E-state index contributed by atoms with van der Waals surface area (Å²) in [5.74, 6) is 0. The van der Waals surface area contributed by atoms with Crippen LogP contribution in [-0.4, -0.2) is 44.9 Å². The van der Waals surface area contributed by atoms with E-state index in [-0.39, 0.29) is 0 Å². The van der Waals surface area contributed by atoms with Crippen LogP contribution in [0.3, 0.4) is 0 Å². The molecule has 0 aliphatic carbocycles. The minimum absolute atomic E-state index is 0.404. The van der Waals surface area contributed by atoms with Gasteiger partial charge in [0.15, 0.2) is 0 Å². The first-order chi connectivity index (χ1) is 5.47. The van der Waals surface area contributed by atoms with Crippen LogP contribution >= 0.6 is 0 Å². The molecule has 76 valence electrons. The van der Waals surface area contributed by atoms with Gasteiger partial charge in [-0.3, -0.25) is 4.55 Å². The maximum atomic E-state index is 9.61. The summed E-state index contributed by atoms with van der Waals surface area (Å²) in [7, 11) is -2.42. The van der Waals surface area contributed by atoms with E-state index in [1.807, 2.05) is 7.05 Å². The van der Waals surface area contributed by atoms with Crippen molar-refractivity contribution in [3.8, 4) is 0 Å². The molecule has 0 spiro atoms. The fourth-order valence-electron chi connectivity index (χ4n) is 0.143. The zero-order valence-electron chi connectivity index (χ0n) is 7.15. The lowest BCUT2D eigenvalue weighted by atomic mass is 10.8. The highest BCUT2D eigenvalue weighted by Crippen LogP contribution is 1.81. The molecule has 0 rings (SSSR count). The predicted octanol–water partition coefficient (Wildman–Crippen LogP) is -0.976. The summed E-state index contributed by atoms with van der Waals surface area (Å²) in [5.41, 5.74) is 0. The van der Waals surface area contributed by atoms with Crippen molar-refractivity contribution in [2.75, 3.05) is 26.8 Å². The molecule has 7 heteroatoms. The molecule has 0 aliphatic heterocycles. The number of aliphatic hydroxyl groups is 1. The van der Waals surface area contributed by atoms with Gasteiger partial charge in [0.1, 0.15) is 0 Å². The first kappa shape index (κ1) is 14.3. The molecule has 0 aliphatic rings. The Balaban J connectivity index is 0. The molecule has 0 aromatic carbocycles. The van der Waals surface area contributed by atoms with Gasteiger partial charge in [-0.1, -0.05) is 6.92 Å². The molecule has 0 saturated carbocycles. The lowest BCUT2D eigenvalue weighted by molar-refractivity contribution is 0.188. The van der Waals surface area contributed by atoms with Crippen molar-refractivity contribution in [1.29, 1.82) is 0 Å².